The second-order valence-electron chi connectivity index (χ2n) is 4.51. The molecule has 0 aliphatic heterocycles. The number of carbonyl (C=O) groups excluding carboxylic acids is 2. The van der Waals surface area contributed by atoms with Crippen LogP contribution in [0.5, 0.6) is 0 Å². The van der Waals surface area contributed by atoms with Crippen molar-refractivity contribution < 1.29 is 14.0 Å². The summed E-state index contributed by atoms with van der Waals surface area (Å²) in [5, 5.41) is 2.67. The first-order valence-corrected chi connectivity index (χ1v) is 6.60. The van der Waals surface area contributed by atoms with Crippen LogP contribution in [0.15, 0.2) is 22.7 Å². The highest BCUT2D eigenvalue weighted by Gasteiger charge is 2.18. The molecule has 0 fully saturated rings. The molecule has 0 heterocycles. The second kappa shape index (κ2) is 6.65. The van der Waals surface area contributed by atoms with E-state index in [1.807, 2.05) is 13.8 Å². The van der Waals surface area contributed by atoms with Crippen LogP contribution in [0.3, 0.4) is 0 Å². The molecule has 4 nitrogen and oxygen atoms in total. The topological polar surface area (TPSA) is 49.4 Å². The van der Waals surface area contributed by atoms with Gasteiger partial charge in [0.05, 0.1) is 12.1 Å². The standard InChI is InChI=1S/C13H16BrFN2O2/c1-8(2)16-12(18)7-17(3)13(19)10-5-4-9(14)6-11(10)15/h4-6,8H,7H2,1-3H3,(H,16,18). The van der Waals surface area contributed by atoms with Gasteiger partial charge in [0.2, 0.25) is 5.91 Å². The number of halogens is 2. The lowest BCUT2D eigenvalue weighted by molar-refractivity contribution is -0.122. The van der Waals surface area contributed by atoms with Crippen molar-refractivity contribution >= 4 is 27.7 Å². The van der Waals surface area contributed by atoms with Crippen molar-refractivity contribution in [2.45, 2.75) is 19.9 Å². The molecule has 0 saturated carbocycles. The van der Waals surface area contributed by atoms with Gasteiger partial charge in [-0.3, -0.25) is 9.59 Å². The van der Waals surface area contributed by atoms with E-state index in [-0.39, 0.29) is 24.1 Å². The smallest absolute Gasteiger partial charge is 0.257 e. The van der Waals surface area contributed by atoms with Crippen molar-refractivity contribution in [2.24, 2.45) is 0 Å². The summed E-state index contributed by atoms with van der Waals surface area (Å²) in [5.74, 6) is -1.41. The number of amides is 2. The Hall–Kier alpha value is -1.43. The van der Waals surface area contributed by atoms with Gasteiger partial charge in [0.1, 0.15) is 5.82 Å². The van der Waals surface area contributed by atoms with Crippen molar-refractivity contribution in [2.75, 3.05) is 13.6 Å². The molecule has 0 aromatic heterocycles. The number of rotatable bonds is 4. The van der Waals surface area contributed by atoms with Crippen LogP contribution in [0.1, 0.15) is 24.2 Å². The molecule has 0 radical (unpaired) electrons. The van der Waals surface area contributed by atoms with Gasteiger partial charge in [-0.25, -0.2) is 4.39 Å². The third-order valence-corrected chi connectivity index (χ3v) is 2.83. The molecule has 1 aromatic carbocycles. The molecule has 19 heavy (non-hydrogen) atoms. The number of nitrogens with one attached hydrogen (secondary N) is 1. The molecule has 1 rings (SSSR count). The molecule has 1 N–H and O–H groups in total. The summed E-state index contributed by atoms with van der Waals surface area (Å²) in [7, 11) is 1.46. The largest absolute Gasteiger partial charge is 0.352 e. The Balaban J connectivity index is 2.74. The molecular weight excluding hydrogens is 315 g/mol. The number of hydrogen-bond acceptors (Lipinski definition) is 2. The summed E-state index contributed by atoms with van der Waals surface area (Å²) in [6.07, 6.45) is 0. The number of benzene rings is 1. The van der Waals surface area contributed by atoms with Crippen LogP contribution in [0.2, 0.25) is 0 Å². The van der Waals surface area contributed by atoms with Crippen LogP contribution in [0, 0.1) is 5.82 Å². The van der Waals surface area contributed by atoms with E-state index in [4.69, 9.17) is 0 Å². The van der Waals surface area contributed by atoms with Gasteiger partial charge >= 0.3 is 0 Å². The lowest BCUT2D eigenvalue weighted by Crippen LogP contribution is -2.41. The minimum atomic E-state index is -0.615. The van der Waals surface area contributed by atoms with Crippen LogP contribution in [0.25, 0.3) is 0 Å². The third kappa shape index (κ3) is 4.63. The summed E-state index contributed by atoms with van der Waals surface area (Å²) in [5.41, 5.74) is -0.0527. The van der Waals surface area contributed by atoms with Crippen LogP contribution in [0.4, 0.5) is 4.39 Å². The van der Waals surface area contributed by atoms with E-state index in [2.05, 4.69) is 21.2 Å². The maximum atomic E-state index is 13.6. The van der Waals surface area contributed by atoms with Crippen LogP contribution >= 0.6 is 15.9 Å². The maximum absolute atomic E-state index is 13.6. The monoisotopic (exact) mass is 330 g/mol. The predicted molar refractivity (Wildman–Crippen MR) is 74.3 cm³/mol. The first-order valence-electron chi connectivity index (χ1n) is 5.81. The van der Waals surface area contributed by atoms with Crippen molar-refractivity contribution in [3.63, 3.8) is 0 Å². The number of hydrogen-bond donors (Lipinski definition) is 1. The molecule has 2 amide bonds. The Morgan fingerprint density at radius 2 is 2.05 bits per heavy atom. The van der Waals surface area contributed by atoms with E-state index in [1.165, 1.54) is 24.1 Å². The van der Waals surface area contributed by atoms with Gasteiger partial charge in [-0.15, -0.1) is 0 Å². The highest BCUT2D eigenvalue weighted by atomic mass is 79.9. The lowest BCUT2D eigenvalue weighted by atomic mass is 10.2. The number of carbonyl (C=O) groups is 2. The van der Waals surface area contributed by atoms with Gasteiger partial charge in [0.15, 0.2) is 0 Å². The minimum absolute atomic E-state index is 0.000388. The number of likely N-dealkylation sites (N-methyl/N-ethyl adjacent to an activating group) is 1. The van der Waals surface area contributed by atoms with Crippen LogP contribution < -0.4 is 5.32 Å². The fourth-order valence-electron chi connectivity index (χ4n) is 1.52. The molecule has 0 saturated heterocycles. The maximum Gasteiger partial charge on any atom is 0.257 e. The first kappa shape index (κ1) is 15.6. The number of nitrogens with zero attached hydrogens (tertiary/aromatic N) is 1. The van der Waals surface area contributed by atoms with Crippen molar-refractivity contribution in [1.82, 2.24) is 10.2 Å². The fraction of sp³-hybridized carbons (Fsp3) is 0.385. The van der Waals surface area contributed by atoms with Gasteiger partial charge < -0.3 is 10.2 Å². The summed E-state index contributed by atoms with van der Waals surface area (Å²) < 4.78 is 14.2. The molecule has 0 aliphatic rings. The quantitative estimate of drug-likeness (QED) is 0.919. The van der Waals surface area contributed by atoms with E-state index >= 15 is 0 Å². The molecule has 0 atom stereocenters. The predicted octanol–water partition coefficient (Wildman–Crippen LogP) is 2.18. The van der Waals surface area contributed by atoms with E-state index in [9.17, 15) is 14.0 Å². The molecule has 6 heteroatoms. The molecule has 104 valence electrons. The van der Waals surface area contributed by atoms with Crippen molar-refractivity contribution in [3.05, 3.63) is 34.1 Å². The fourth-order valence-corrected chi connectivity index (χ4v) is 1.86. The van der Waals surface area contributed by atoms with E-state index in [0.717, 1.165) is 0 Å². The Bertz CT molecular complexity index is 492. The molecular formula is C13H16BrFN2O2. The zero-order chi connectivity index (χ0) is 14.6. The lowest BCUT2D eigenvalue weighted by Gasteiger charge is -2.18. The van der Waals surface area contributed by atoms with Gasteiger partial charge in [-0.1, -0.05) is 15.9 Å². The third-order valence-electron chi connectivity index (χ3n) is 2.34. The van der Waals surface area contributed by atoms with Gasteiger partial charge in [0, 0.05) is 17.6 Å². The molecule has 0 aliphatic carbocycles. The first-order chi connectivity index (χ1) is 8.81. The average Bonchev–Trinajstić information content (AvgIpc) is 2.26. The molecule has 0 unspecified atom stereocenters. The van der Waals surface area contributed by atoms with E-state index in [1.54, 1.807) is 6.07 Å². The summed E-state index contributed by atoms with van der Waals surface area (Å²) in [4.78, 5) is 24.7. The van der Waals surface area contributed by atoms with Crippen LogP contribution in [-0.4, -0.2) is 36.3 Å². The molecule has 1 aromatic rings. The molecule has 0 spiro atoms. The Labute approximate surface area is 120 Å². The highest BCUT2D eigenvalue weighted by molar-refractivity contribution is 9.10. The van der Waals surface area contributed by atoms with Gasteiger partial charge in [-0.05, 0) is 32.0 Å². The second-order valence-corrected chi connectivity index (χ2v) is 5.42. The van der Waals surface area contributed by atoms with Crippen LogP contribution in [-0.2, 0) is 4.79 Å². The van der Waals surface area contributed by atoms with E-state index < -0.39 is 11.7 Å². The minimum Gasteiger partial charge on any atom is -0.352 e. The normalized spacial score (nSPS) is 10.4. The zero-order valence-electron chi connectivity index (χ0n) is 11.0. The zero-order valence-corrected chi connectivity index (χ0v) is 12.6. The molecule has 0 bridgehead atoms. The Kier molecular flexibility index (Phi) is 5.47. The average molecular weight is 331 g/mol. The summed E-state index contributed by atoms with van der Waals surface area (Å²) >= 11 is 3.12. The SMILES string of the molecule is CC(C)NC(=O)CN(C)C(=O)c1ccc(Br)cc1F. The van der Waals surface area contributed by atoms with Gasteiger partial charge in [0.25, 0.3) is 5.91 Å². The van der Waals surface area contributed by atoms with Crippen molar-refractivity contribution in [3.8, 4) is 0 Å². The summed E-state index contributed by atoms with van der Waals surface area (Å²) in [6.45, 7) is 3.55. The summed E-state index contributed by atoms with van der Waals surface area (Å²) in [6, 6.07) is 4.19. The van der Waals surface area contributed by atoms with E-state index in [0.29, 0.717) is 4.47 Å². The Morgan fingerprint density at radius 3 is 2.58 bits per heavy atom. The Morgan fingerprint density at radius 1 is 1.42 bits per heavy atom. The van der Waals surface area contributed by atoms with Crippen molar-refractivity contribution in [1.29, 1.82) is 0 Å². The highest BCUT2D eigenvalue weighted by Crippen LogP contribution is 2.16. The van der Waals surface area contributed by atoms with Gasteiger partial charge in [-0.2, -0.15) is 0 Å².